The Labute approximate surface area is 170 Å². The molecule has 1 heterocycles. The Morgan fingerprint density at radius 3 is 2.41 bits per heavy atom. The second-order valence-electron chi connectivity index (χ2n) is 6.66. The molecule has 0 bridgehead atoms. The van der Waals surface area contributed by atoms with Crippen molar-refractivity contribution in [2.45, 2.75) is 39.7 Å². The number of anilines is 1. The van der Waals surface area contributed by atoms with E-state index < -0.39 is 11.9 Å². The molecule has 0 amide bonds. The van der Waals surface area contributed by atoms with Crippen LogP contribution in [0.5, 0.6) is 5.75 Å². The van der Waals surface area contributed by atoms with Gasteiger partial charge in [-0.15, -0.1) is 0 Å². The summed E-state index contributed by atoms with van der Waals surface area (Å²) in [7, 11) is 1.71. The van der Waals surface area contributed by atoms with E-state index in [2.05, 4.69) is 24.1 Å². The van der Waals surface area contributed by atoms with Crippen LogP contribution in [0.1, 0.15) is 30.9 Å². The maximum atomic E-state index is 9.55. The predicted octanol–water partition coefficient (Wildman–Crippen LogP) is 3.11. The van der Waals surface area contributed by atoms with E-state index in [1.165, 1.54) is 10.9 Å². The van der Waals surface area contributed by atoms with E-state index in [0.717, 1.165) is 41.9 Å². The molecule has 0 radical (unpaired) electrons. The van der Waals surface area contributed by atoms with Crippen LogP contribution in [0.25, 0.3) is 10.9 Å². The summed E-state index contributed by atoms with van der Waals surface area (Å²) >= 11 is 0. The summed E-state index contributed by atoms with van der Waals surface area (Å²) in [6, 6.07) is 4.32. The molecule has 158 valence electrons. The van der Waals surface area contributed by atoms with Gasteiger partial charge in [0.05, 0.1) is 18.3 Å². The number of fused-ring (bicyclic) bond motifs is 1. The highest BCUT2D eigenvalue weighted by Crippen LogP contribution is 2.34. The minimum Gasteiger partial charge on any atom is -0.496 e. The zero-order valence-electron chi connectivity index (χ0n) is 17.2. The number of benzene rings is 1. The number of carbonyl (C=O) groups is 2. The molecule has 2 rings (SSSR count). The van der Waals surface area contributed by atoms with Crippen molar-refractivity contribution >= 4 is 28.5 Å². The van der Waals surface area contributed by atoms with Crippen LogP contribution in [0.15, 0.2) is 30.5 Å². The van der Waals surface area contributed by atoms with E-state index in [1.54, 1.807) is 7.11 Å². The molecule has 0 saturated carbocycles. The van der Waals surface area contributed by atoms with Crippen molar-refractivity contribution in [1.29, 1.82) is 0 Å². The molecule has 5 N–H and O–H groups in total. The topological polar surface area (TPSA) is 135 Å². The first-order valence-electron chi connectivity index (χ1n) is 9.23. The molecule has 1 aromatic carbocycles. The number of methoxy groups -OCH3 is 1. The van der Waals surface area contributed by atoms with Crippen molar-refractivity contribution in [2.24, 2.45) is 5.73 Å². The normalized spacial score (nSPS) is 11.6. The lowest BCUT2D eigenvalue weighted by molar-refractivity contribution is -0.134. The Morgan fingerprint density at radius 2 is 1.90 bits per heavy atom. The van der Waals surface area contributed by atoms with Gasteiger partial charge in [0.25, 0.3) is 0 Å². The van der Waals surface area contributed by atoms with Gasteiger partial charge in [0.1, 0.15) is 5.75 Å². The van der Waals surface area contributed by atoms with Gasteiger partial charge in [-0.2, -0.15) is 0 Å². The Kier molecular flexibility index (Phi) is 9.61. The minimum atomic E-state index is -1.26. The SMILES string of the molecule is COc1cc(NCCCC(C)N)c2nccc(C)c2c1C.O=C(O)/C=C\C(=O)O. The van der Waals surface area contributed by atoms with Crippen LogP contribution in [0.4, 0.5) is 5.69 Å². The number of nitrogens with one attached hydrogen (secondary N) is 1. The highest BCUT2D eigenvalue weighted by atomic mass is 16.5. The van der Waals surface area contributed by atoms with Gasteiger partial charge < -0.3 is 26.0 Å². The summed E-state index contributed by atoms with van der Waals surface area (Å²) in [5.74, 6) is -1.62. The molecule has 0 saturated heterocycles. The number of ether oxygens (including phenoxy) is 1. The molecule has 8 heteroatoms. The van der Waals surface area contributed by atoms with E-state index in [9.17, 15) is 9.59 Å². The van der Waals surface area contributed by atoms with Gasteiger partial charge in [0.15, 0.2) is 0 Å². The van der Waals surface area contributed by atoms with Crippen molar-refractivity contribution in [3.8, 4) is 5.75 Å². The summed E-state index contributed by atoms with van der Waals surface area (Å²) in [5.41, 5.74) is 10.2. The van der Waals surface area contributed by atoms with Gasteiger partial charge >= 0.3 is 11.9 Å². The number of hydrogen-bond donors (Lipinski definition) is 4. The van der Waals surface area contributed by atoms with Crippen LogP contribution in [-0.2, 0) is 9.59 Å². The van der Waals surface area contributed by atoms with E-state index in [0.29, 0.717) is 12.2 Å². The van der Waals surface area contributed by atoms with E-state index in [-0.39, 0.29) is 6.04 Å². The number of carboxylic acids is 2. The zero-order valence-corrected chi connectivity index (χ0v) is 17.2. The van der Waals surface area contributed by atoms with Gasteiger partial charge in [-0.25, -0.2) is 9.59 Å². The molecule has 0 fully saturated rings. The monoisotopic (exact) mass is 403 g/mol. The number of nitrogens with zero attached hydrogens (tertiary/aromatic N) is 1. The van der Waals surface area contributed by atoms with Crippen molar-refractivity contribution < 1.29 is 24.5 Å². The summed E-state index contributed by atoms with van der Waals surface area (Å²) in [4.78, 5) is 23.7. The maximum Gasteiger partial charge on any atom is 0.328 e. The molecule has 0 aliphatic rings. The number of rotatable bonds is 8. The molecular formula is C21H29N3O5. The zero-order chi connectivity index (χ0) is 22.0. The molecule has 1 aromatic heterocycles. The third kappa shape index (κ3) is 7.79. The highest BCUT2D eigenvalue weighted by molar-refractivity contribution is 5.96. The predicted molar refractivity (Wildman–Crippen MR) is 114 cm³/mol. The molecule has 0 aliphatic carbocycles. The van der Waals surface area contributed by atoms with Gasteiger partial charge in [-0.1, -0.05) is 0 Å². The lowest BCUT2D eigenvalue weighted by Crippen LogP contribution is -2.16. The third-order valence-electron chi connectivity index (χ3n) is 4.17. The summed E-state index contributed by atoms with van der Waals surface area (Å²) in [6.45, 7) is 7.11. The first kappa shape index (κ1) is 23.9. The van der Waals surface area contributed by atoms with Gasteiger partial charge in [-0.05, 0) is 45.2 Å². The average molecular weight is 403 g/mol. The van der Waals surface area contributed by atoms with Gasteiger partial charge in [-0.3, -0.25) is 4.98 Å². The first-order chi connectivity index (χ1) is 13.7. The summed E-state index contributed by atoms with van der Waals surface area (Å²) < 4.78 is 5.51. The third-order valence-corrected chi connectivity index (χ3v) is 4.17. The maximum absolute atomic E-state index is 9.55. The van der Waals surface area contributed by atoms with Crippen LogP contribution in [-0.4, -0.2) is 46.8 Å². The second kappa shape index (κ2) is 11.7. The number of aromatic nitrogens is 1. The Morgan fingerprint density at radius 1 is 1.28 bits per heavy atom. The number of hydrogen-bond acceptors (Lipinski definition) is 6. The molecule has 2 aromatic rings. The highest BCUT2D eigenvalue weighted by Gasteiger charge is 2.12. The van der Waals surface area contributed by atoms with Crippen LogP contribution in [0, 0.1) is 13.8 Å². The standard InChI is InChI=1S/C17H25N3O.C4H4O4/c1-11-7-9-20-17-14(19-8-5-6-12(2)18)10-15(21-4)13(3)16(11)17;5-3(6)1-2-4(7)8/h7,9-10,12,19H,5-6,8,18H2,1-4H3;1-2H,(H,5,6)(H,7,8)/b;2-1-. The van der Waals surface area contributed by atoms with Crippen molar-refractivity contribution in [3.63, 3.8) is 0 Å². The molecule has 0 aliphatic heterocycles. The summed E-state index contributed by atoms with van der Waals surface area (Å²) in [5, 5.41) is 20.3. The van der Waals surface area contributed by atoms with Crippen LogP contribution in [0.3, 0.4) is 0 Å². The summed E-state index contributed by atoms with van der Waals surface area (Å²) in [6.07, 6.45) is 5.03. The second-order valence-corrected chi connectivity index (χ2v) is 6.66. The van der Waals surface area contributed by atoms with Crippen molar-refractivity contribution in [2.75, 3.05) is 19.0 Å². The smallest absolute Gasteiger partial charge is 0.328 e. The Hall–Kier alpha value is -3.13. The molecule has 1 unspecified atom stereocenters. The van der Waals surface area contributed by atoms with E-state index >= 15 is 0 Å². The number of carboxylic acid groups (broad SMARTS) is 2. The lowest BCUT2D eigenvalue weighted by atomic mass is 10.0. The number of nitrogens with two attached hydrogens (primary N) is 1. The van der Waals surface area contributed by atoms with E-state index in [4.69, 9.17) is 20.7 Å². The minimum absolute atomic E-state index is 0.247. The fourth-order valence-electron chi connectivity index (χ4n) is 2.80. The van der Waals surface area contributed by atoms with Gasteiger partial charge in [0.2, 0.25) is 0 Å². The first-order valence-corrected chi connectivity index (χ1v) is 9.23. The van der Waals surface area contributed by atoms with Crippen molar-refractivity contribution in [1.82, 2.24) is 4.98 Å². The van der Waals surface area contributed by atoms with Crippen LogP contribution >= 0.6 is 0 Å². The fraction of sp³-hybridized carbons (Fsp3) is 0.381. The Bertz CT molecular complexity index is 862. The molecule has 1 atom stereocenters. The van der Waals surface area contributed by atoms with Crippen LogP contribution in [0.2, 0.25) is 0 Å². The number of aryl methyl sites for hydroxylation is 2. The molecular weight excluding hydrogens is 374 g/mol. The fourth-order valence-corrected chi connectivity index (χ4v) is 2.80. The molecule has 29 heavy (non-hydrogen) atoms. The quantitative estimate of drug-likeness (QED) is 0.390. The Balaban J connectivity index is 0.000000447. The van der Waals surface area contributed by atoms with Crippen molar-refractivity contribution in [3.05, 3.63) is 41.6 Å². The van der Waals surface area contributed by atoms with Gasteiger partial charge in [0, 0.05) is 48.0 Å². The van der Waals surface area contributed by atoms with Crippen LogP contribution < -0.4 is 15.8 Å². The van der Waals surface area contributed by atoms with E-state index in [1.807, 2.05) is 25.3 Å². The number of pyridine rings is 1. The lowest BCUT2D eigenvalue weighted by Gasteiger charge is -2.16. The molecule has 8 nitrogen and oxygen atoms in total. The average Bonchev–Trinajstić information content (AvgIpc) is 2.65. The molecule has 0 spiro atoms. The largest absolute Gasteiger partial charge is 0.496 e. The number of aliphatic carboxylic acids is 2.